The van der Waals surface area contributed by atoms with Crippen molar-refractivity contribution in [3.63, 3.8) is 0 Å². The van der Waals surface area contributed by atoms with E-state index < -0.39 is 35.5 Å². The highest BCUT2D eigenvalue weighted by molar-refractivity contribution is 6.06. The van der Waals surface area contributed by atoms with Crippen LogP contribution in [0.4, 0.5) is 28.0 Å². The van der Waals surface area contributed by atoms with Crippen molar-refractivity contribution in [3.8, 4) is 0 Å². The molecule has 2 aromatic rings. The average Bonchev–Trinajstić information content (AvgIpc) is 2.65. The summed E-state index contributed by atoms with van der Waals surface area (Å²) in [7, 11) is 1.45. The first kappa shape index (κ1) is 20.4. The number of nitrogens with zero attached hydrogens (tertiary/aromatic N) is 1. The van der Waals surface area contributed by atoms with Gasteiger partial charge in [0.15, 0.2) is 0 Å². The number of hydrogen-bond acceptors (Lipinski definition) is 2. The van der Waals surface area contributed by atoms with Crippen LogP contribution in [0.1, 0.15) is 24.1 Å². The summed E-state index contributed by atoms with van der Waals surface area (Å²) in [5.74, 6) is -1.26. The molecule has 0 aliphatic carbocycles. The Hall–Kier alpha value is -3.36. The van der Waals surface area contributed by atoms with Crippen molar-refractivity contribution in [1.29, 1.82) is 0 Å². The van der Waals surface area contributed by atoms with Crippen LogP contribution in [0.3, 0.4) is 0 Å². The third kappa shape index (κ3) is 4.23. The van der Waals surface area contributed by atoms with E-state index in [9.17, 15) is 27.2 Å². The quantitative estimate of drug-likeness (QED) is 0.739. The molecule has 0 radical (unpaired) electrons. The van der Waals surface area contributed by atoms with Crippen molar-refractivity contribution in [3.05, 3.63) is 76.7 Å². The number of halogens is 4. The number of rotatable bonds is 3. The lowest BCUT2D eigenvalue weighted by atomic mass is 9.94. The van der Waals surface area contributed by atoms with Gasteiger partial charge in [0.1, 0.15) is 5.82 Å². The van der Waals surface area contributed by atoms with Gasteiger partial charge in [0.2, 0.25) is 0 Å². The molecule has 3 amide bonds. The van der Waals surface area contributed by atoms with Gasteiger partial charge in [-0.1, -0.05) is 18.2 Å². The fourth-order valence-electron chi connectivity index (χ4n) is 3.04. The van der Waals surface area contributed by atoms with Crippen LogP contribution in [-0.2, 0) is 11.0 Å². The maximum Gasteiger partial charge on any atom is 0.416 e. The summed E-state index contributed by atoms with van der Waals surface area (Å²) in [6.45, 7) is 1.53. The minimum atomic E-state index is -4.56. The maximum absolute atomic E-state index is 13.7. The summed E-state index contributed by atoms with van der Waals surface area (Å²) in [5, 5.41) is 5.05. The molecule has 152 valence electrons. The Morgan fingerprint density at radius 1 is 1.14 bits per heavy atom. The van der Waals surface area contributed by atoms with Crippen LogP contribution in [0.25, 0.3) is 0 Å². The second kappa shape index (κ2) is 7.57. The first-order chi connectivity index (χ1) is 13.6. The number of alkyl halides is 3. The molecule has 2 N–H and O–H groups in total. The van der Waals surface area contributed by atoms with E-state index in [2.05, 4.69) is 10.6 Å². The van der Waals surface area contributed by atoms with Crippen molar-refractivity contribution in [2.24, 2.45) is 0 Å². The van der Waals surface area contributed by atoms with Gasteiger partial charge in [0, 0.05) is 18.4 Å². The normalized spacial score (nSPS) is 17.2. The molecule has 3 rings (SSSR count). The van der Waals surface area contributed by atoms with Gasteiger partial charge in [-0.25, -0.2) is 9.18 Å². The van der Waals surface area contributed by atoms with E-state index in [1.54, 1.807) is 6.07 Å². The molecule has 0 spiro atoms. The number of benzene rings is 2. The van der Waals surface area contributed by atoms with Gasteiger partial charge in [0.25, 0.3) is 5.91 Å². The average molecular weight is 407 g/mol. The molecule has 0 fully saturated rings. The summed E-state index contributed by atoms with van der Waals surface area (Å²) < 4.78 is 52.5. The number of amides is 3. The lowest BCUT2D eigenvalue weighted by Crippen LogP contribution is -2.46. The molecule has 0 bridgehead atoms. The van der Waals surface area contributed by atoms with Crippen molar-refractivity contribution in [1.82, 2.24) is 10.2 Å². The number of hydrogen-bond donors (Lipinski definition) is 2. The second-order valence-electron chi connectivity index (χ2n) is 6.53. The van der Waals surface area contributed by atoms with Crippen LogP contribution >= 0.6 is 0 Å². The Labute approximate surface area is 164 Å². The lowest BCUT2D eigenvalue weighted by Gasteiger charge is -2.33. The molecule has 0 unspecified atom stereocenters. The fraction of sp³-hybridized carbons (Fsp3) is 0.200. The molecule has 0 aromatic heterocycles. The zero-order valence-electron chi connectivity index (χ0n) is 15.5. The summed E-state index contributed by atoms with van der Waals surface area (Å²) in [5.41, 5.74) is -0.234. The molecular formula is C20H17F4N3O2. The molecular weight excluding hydrogens is 390 g/mol. The second-order valence-corrected chi connectivity index (χ2v) is 6.53. The predicted molar refractivity (Wildman–Crippen MR) is 98.2 cm³/mol. The van der Waals surface area contributed by atoms with Gasteiger partial charge in [-0.2, -0.15) is 13.2 Å². The highest BCUT2D eigenvalue weighted by Gasteiger charge is 2.35. The molecule has 1 heterocycles. The van der Waals surface area contributed by atoms with E-state index in [0.717, 1.165) is 12.1 Å². The van der Waals surface area contributed by atoms with Crippen molar-refractivity contribution in [2.75, 3.05) is 12.4 Å². The van der Waals surface area contributed by atoms with Crippen LogP contribution in [0.2, 0.25) is 0 Å². The molecule has 9 heteroatoms. The van der Waals surface area contributed by atoms with Gasteiger partial charge >= 0.3 is 12.2 Å². The van der Waals surface area contributed by atoms with E-state index in [-0.39, 0.29) is 11.3 Å². The van der Waals surface area contributed by atoms with E-state index in [1.807, 2.05) is 0 Å². The van der Waals surface area contributed by atoms with Crippen LogP contribution in [0, 0.1) is 5.82 Å². The third-order valence-corrected chi connectivity index (χ3v) is 4.63. The Kier molecular flexibility index (Phi) is 5.32. The van der Waals surface area contributed by atoms with E-state index in [4.69, 9.17) is 0 Å². The highest BCUT2D eigenvalue weighted by Crippen LogP contribution is 2.33. The Bertz CT molecular complexity index is 1000. The maximum atomic E-state index is 13.7. The minimum Gasteiger partial charge on any atom is -0.327 e. The number of nitrogens with one attached hydrogen (secondary N) is 2. The van der Waals surface area contributed by atoms with E-state index >= 15 is 0 Å². The van der Waals surface area contributed by atoms with Crippen molar-refractivity contribution >= 4 is 17.6 Å². The lowest BCUT2D eigenvalue weighted by molar-refractivity contribution is -0.137. The highest BCUT2D eigenvalue weighted by atomic mass is 19.4. The largest absolute Gasteiger partial charge is 0.416 e. The van der Waals surface area contributed by atoms with Crippen LogP contribution in [-0.4, -0.2) is 23.9 Å². The Balaban J connectivity index is 1.98. The zero-order chi connectivity index (χ0) is 21.3. The Morgan fingerprint density at radius 2 is 1.83 bits per heavy atom. The number of urea groups is 1. The molecule has 1 aliphatic heterocycles. The standard InChI is InChI=1S/C20H17F4N3O2/c1-11-16(18(28)25-15-8-4-6-13(10-15)20(22,23)24)17(26-19(29)27(11)2)12-5-3-7-14(21)9-12/h3-10,17H,1-2H3,(H,25,28)(H,26,29)/t17-/m0/s1. The predicted octanol–water partition coefficient (Wildman–Crippen LogP) is 4.45. The first-order valence-corrected chi connectivity index (χ1v) is 8.57. The smallest absolute Gasteiger partial charge is 0.327 e. The molecule has 29 heavy (non-hydrogen) atoms. The molecule has 5 nitrogen and oxygen atoms in total. The summed E-state index contributed by atoms with van der Waals surface area (Å²) in [6.07, 6.45) is -4.56. The summed E-state index contributed by atoms with van der Waals surface area (Å²) in [4.78, 5) is 26.3. The summed E-state index contributed by atoms with van der Waals surface area (Å²) >= 11 is 0. The number of carbonyl (C=O) groups excluding carboxylic acids is 2. The van der Waals surface area contributed by atoms with Crippen molar-refractivity contribution < 1.29 is 27.2 Å². The van der Waals surface area contributed by atoms with Gasteiger partial charge in [-0.3, -0.25) is 4.79 Å². The van der Waals surface area contributed by atoms with Crippen LogP contribution in [0.15, 0.2) is 59.8 Å². The fourth-order valence-corrected chi connectivity index (χ4v) is 3.04. The molecule has 2 aromatic carbocycles. The third-order valence-electron chi connectivity index (χ3n) is 4.63. The molecule has 1 aliphatic rings. The molecule has 0 saturated carbocycles. The number of anilines is 1. The van der Waals surface area contributed by atoms with Gasteiger partial charge in [-0.15, -0.1) is 0 Å². The minimum absolute atomic E-state index is 0.0531. The van der Waals surface area contributed by atoms with Gasteiger partial charge in [-0.05, 0) is 42.8 Å². The molecule has 0 saturated heterocycles. The van der Waals surface area contributed by atoms with Gasteiger partial charge in [0.05, 0.1) is 17.2 Å². The first-order valence-electron chi connectivity index (χ1n) is 8.57. The van der Waals surface area contributed by atoms with Crippen molar-refractivity contribution in [2.45, 2.75) is 19.1 Å². The SMILES string of the molecule is CC1=C(C(=O)Nc2cccc(C(F)(F)F)c2)[C@H](c2cccc(F)c2)NC(=O)N1C. The van der Waals surface area contributed by atoms with E-state index in [0.29, 0.717) is 11.3 Å². The van der Waals surface area contributed by atoms with Gasteiger partial charge < -0.3 is 15.5 Å². The zero-order valence-corrected chi connectivity index (χ0v) is 15.5. The topological polar surface area (TPSA) is 61.4 Å². The Morgan fingerprint density at radius 3 is 2.48 bits per heavy atom. The van der Waals surface area contributed by atoms with Crippen LogP contribution < -0.4 is 10.6 Å². The monoisotopic (exact) mass is 407 g/mol. The molecule has 1 atom stereocenters. The number of allylic oxidation sites excluding steroid dienone is 1. The summed E-state index contributed by atoms with van der Waals surface area (Å²) in [6, 6.07) is 8.15. The number of carbonyl (C=O) groups is 2. The van der Waals surface area contributed by atoms with Crippen LogP contribution in [0.5, 0.6) is 0 Å². The van der Waals surface area contributed by atoms with E-state index in [1.165, 1.54) is 49.2 Å².